The molecule has 0 saturated heterocycles. The fraction of sp³-hybridized carbons (Fsp3) is 0.417. The van der Waals surface area contributed by atoms with E-state index in [0.717, 1.165) is 12.8 Å². The first-order valence-corrected chi connectivity index (χ1v) is 6.78. The van der Waals surface area contributed by atoms with E-state index < -0.39 is 5.91 Å². The summed E-state index contributed by atoms with van der Waals surface area (Å²) in [6.45, 7) is 0.582. The molecule has 2 N–H and O–H groups in total. The molecule has 6 heteroatoms. The van der Waals surface area contributed by atoms with Crippen molar-refractivity contribution in [2.45, 2.75) is 19.3 Å². The average molecular weight is 309 g/mol. The molecule has 0 atom stereocenters. The zero-order valence-corrected chi connectivity index (χ0v) is 11.7. The van der Waals surface area contributed by atoms with Gasteiger partial charge in [-0.15, -0.1) is 0 Å². The fourth-order valence-electron chi connectivity index (χ4n) is 1.82. The van der Waals surface area contributed by atoms with Gasteiger partial charge in [-0.3, -0.25) is 4.79 Å². The molecule has 1 saturated carbocycles. The predicted octanol–water partition coefficient (Wildman–Crippen LogP) is 3.88. The van der Waals surface area contributed by atoms with Gasteiger partial charge in [0, 0.05) is 6.54 Å². The quantitative estimate of drug-likeness (QED) is 0.832. The van der Waals surface area contributed by atoms with Gasteiger partial charge in [0.1, 0.15) is 11.3 Å². The van der Waals surface area contributed by atoms with Crippen molar-refractivity contribution in [2.75, 3.05) is 6.54 Å². The van der Waals surface area contributed by atoms with Crippen LogP contribution in [0.3, 0.4) is 0 Å². The van der Waals surface area contributed by atoms with E-state index in [1.54, 1.807) is 0 Å². The van der Waals surface area contributed by atoms with E-state index >= 15 is 0 Å². The summed E-state index contributed by atoms with van der Waals surface area (Å²) in [5.74, 6) is -0.268. The van der Waals surface area contributed by atoms with E-state index in [9.17, 15) is 9.90 Å². The van der Waals surface area contributed by atoms with E-state index in [2.05, 4.69) is 5.32 Å². The molecule has 18 heavy (non-hydrogen) atoms. The number of hydrogen-bond acceptors (Lipinski definition) is 2. The van der Waals surface area contributed by atoms with Crippen LogP contribution in [0.4, 0.5) is 0 Å². The Balaban J connectivity index is 2.17. The normalized spacial score (nSPS) is 15.3. The summed E-state index contributed by atoms with van der Waals surface area (Å²) < 4.78 is 0. The zero-order valence-electron chi connectivity index (χ0n) is 9.47. The van der Waals surface area contributed by atoms with Gasteiger partial charge in [0.2, 0.25) is 0 Å². The molecule has 1 aliphatic carbocycles. The summed E-state index contributed by atoms with van der Waals surface area (Å²) in [5, 5.41) is 12.7. The van der Waals surface area contributed by atoms with Gasteiger partial charge < -0.3 is 10.4 Å². The van der Waals surface area contributed by atoms with Crippen LogP contribution in [0.15, 0.2) is 6.07 Å². The van der Waals surface area contributed by atoms with Crippen molar-refractivity contribution in [3.05, 3.63) is 26.7 Å². The second-order valence-electron chi connectivity index (χ2n) is 4.38. The summed E-state index contributed by atoms with van der Waals surface area (Å²) in [7, 11) is 0. The maximum atomic E-state index is 12.0. The lowest BCUT2D eigenvalue weighted by molar-refractivity contribution is 0.0936. The highest BCUT2D eigenvalue weighted by Gasteiger charge is 2.23. The number of nitrogens with one attached hydrogen (secondary N) is 1. The number of aromatic hydroxyl groups is 1. The number of rotatable bonds is 3. The van der Waals surface area contributed by atoms with Gasteiger partial charge in [-0.25, -0.2) is 0 Å². The number of carbonyl (C=O) groups is 1. The average Bonchev–Trinajstić information content (AvgIpc) is 2.25. The van der Waals surface area contributed by atoms with Gasteiger partial charge in [-0.1, -0.05) is 41.2 Å². The molecule has 3 nitrogen and oxygen atoms in total. The summed E-state index contributed by atoms with van der Waals surface area (Å²) in [5.41, 5.74) is -0.0616. The maximum absolute atomic E-state index is 12.0. The number of phenolic OH excluding ortho intramolecular Hbond substituents is 1. The van der Waals surface area contributed by atoms with Crippen LogP contribution in [0.1, 0.15) is 29.6 Å². The van der Waals surface area contributed by atoms with Crippen LogP contribution in [0.25, 0.3) is 0 Å². The van der Waals surface area contributed by atoms with Gasteiger partial charge >= 0.3 is 0 Å². The topological polar surface area (TPSA) is 49.3 Å². The molecular formula is C12H12Cl3NO2. The second-order valence-corrected chi connectivity index (χ2v) is 5.58. The van der Waals surface area contributed by atoms with Crippen LogP contribution in [0, 0.1) is 5.92 Å². The van der Waals surface area contributed by atoms with Gasteiger partial charge in [0.15, 0.2) is 0 Å². The number of carbonyl (C=O) groups excluding carboxylic acids is 1. The highest BCUT2D eigenvalue weighted by molar-refractivity contribution is 6.45. The summed E-state index contributed by atoms with van der Waals surface area (Å²) >= 11 is 17.5. The Kier molecular flexibility index (Phi) is 4.25. The monoisotopic (exact) mass is 307 g/mol. The zero-order chi connectivity index (χ0) is 13.3. The van der Waals surface area contributed by atoms with Crippen LogP contribution in [0.5, 0.6) is 5.75 Å². The smallest absolute Gasteiger partial charge is 0.256 e. The molecule has 1 aromatic rings. The largest absolute Gasteiger partial charge is 0.505 e. The van der Waals surface area contributed by atoms with Crippen molar-refractivity contribution in [3.63, 3.8) is 0 Å². The van der Waals surface area contributed by atoms with Crippen molar-refractivity contribution in [3.8, 4) is 5.75 Å². The van der Waals surface area contributed by atoms with E-state index in [-0.39, 0.29) is 26.4 Å². The van der Waals surface area contributed by atoms with E-state index in [1.807, 2.05) is 0 Å². The minimum atomic E-state index is -0.450. The van der Waals surface area contributed by atoms with Crippen LogP contribution >= 0.6 is 34.8 Å². The number of phenols is 1. The Morgan fingerprint density at radius 3 is 2.56 bits per heavy atom. The van der Waals surface area contributed by atoms with Crippen LogP contribution in [-0.4, -0.2) is 17.6 Å². The molecule has 98 valence electrons. The minimum absolute atomic E-state index is 0.0122. The lowest BCUT2D eigenvalue weighted by Gasteiger charge is -2.25. The van der Waals surface area contributed by atoms with Crippen LogP contribution in [-0.2, 0) is 0 Å². The van der Waals surface area contributed by atoms with E-state index in [4.69, 9.17) is 34.8 Å². The first-order chi connectivity index (χ1) is 8.50. The number of halogens is 3. The van der Waals surface area contributed by atoms with E-state index in [1.165, 1.54) is 12.5 Å². The van der Waals surface area contributed by atoms with Crippen molar-refractivity contribution < 1.29 is 9.90 Å². The number of hydrogen-bond donors (Lipinski definition) is 2. The van der Waals surface area contributed by atoms with Crippen molar-refractivity contribution in [1.82, 2.24) is 5.32 Å². The molecule has 1 fully saturated rings. The standard InChI is InChI=1S/C12H12Cl3NO2/c13-7-4-8(14)11(17)9(10(7)15)12(18)16-5-6-2-1-3-6/h4,6,17H,1-3,5H2,(H,16,18). The van der Waals surface area contributed by atoms with Gasteiger partial charge in [-0.05, 0) is 24.8 Å². The first-order valence-electron chi connectivity index (χ1n) is 5.65. The molecular weight excluding hydrogens is 296 g/mol. The molecule has 2 rings (SSSR count). The Morgan fingerprint density at radius 1 is 1.33 bits per heavy atom. The molecule has 0 aliphatic heterocycles. The van der Waals surface area contributed by atoms with E-state index in [0.29, 0.717) is 12.5 Å². The molecule has 0 heterocycles. The Labute approximate surface area is 120 Å². The highest BCUT2D eigenvalue weighted by Crippen LogP contribution is 2.38. The van der Waals surface area contributed by atoms with Crippen molar-refractivity contribution in [2.24, 2.45) is 5.92 Å². The highest BCUT2D eigenvalue weighted by atomic mass is 35.5. The summed E-state index contributed by atoms with van der Waals surface area (Å²) in [6, 6.07) is 1.31. The Morgan fingerprint density at radius 2 is 2.00 bits per heavy atom. The fourth-order valence-corrected chi connectivity index (χ4v) is 2.51. The third-order valence-corrected chi connectivity index (χ3v) is 4.22. The number of amides is 1. The van der Waals surface area contributed by atoms with Crippen molar-refractivity contribution >= 4 is 40.7 Å². The second kappa shape index (κ2) is 5.55. The van der Waals surface area contributed by atoms with Crippen molar-refractivity contribution in [1.29, 1.82) is 0 Å². The van der Waals surface area contributed by atoms with Crippen LogP contribution in [0.2, 0.25) is 15.1 Å². The first kappa shape index (κ1) is 13.8. The number of benzene rings is 1. The molecule has 0 aromatic heterocycles. The minimum Gasteiger partial charge on any atom is -0.505 e. The molecule has 0 radical (unpaired) electrons. The molecule has 0 bridgehead atoms. The molecule has 0 unspecified atom stereocenters. The lowest BCUT2D eigenvalue weighted by atomic mass is 9.85. The maximum Gasteiger partial charge on any atom is 0.256 e. The SMILES string of the molecule is O=C(NCC1CCC1)c1c(O)c(Cl)cc(Cl)c1Cl. The Bertz CT molecular complexity index is 460. The van der Waals surface area contributed by atoms with Gasteiger partial charge in [0.05, 0.1) is 15.1 Å². The lowest BCUT2D eigenvalue weighted by Crippen LogP contribution is -2.32. The van der Waals surface area contributed by atoms with Gasteiger partial charge in [0.25, 0.3) is 5.91 Å². The summed E-state index contributed by atoms with van der Waals surface area (Å²) in [6.07, 6.45) is 3.45. The summed E-state index contributed by atoms with van der Waals surface area (Å²) in [4.78, 5) is 12.0. The predicted molar refractivity (Wildman–Crippen MR) is 72.8 cm³/mol. The molecule has 1 aliphatic rings. The molecule has 1 amide bonds. The Hall–Kier alpha value is -0.640. The third kappa shape index (κ3) is 2.68. The van der Waals surface area contributed by atoms with Gasteiger partial charge in [-0.2, -0.15) is 0 Å². The molecule has 0 spiro atoms. The van der Waals surface area contributed by atoms with Crippen LogP contribution < -0.4 is 5.32 Å². The molecule has 1 aromatic carbocycles. The third-order valence-electron chi connectivity index (χ3n) is 3.15.